The molecule has 0 aliphatic heterocycles. The Bertz CT molecular complexity index is 333. The summed E-state index contributed by atoms with van der Waals surface area (Å²) in [5.74, 6) is -0.145. The van der Waals surface area contributed by atoms with E-state index in [-0.39, 0.29) is 11.9 Å². The van der Waals surface area contributed by atoms with Gasteiger partial charge in [0.25, 0.3) is 0 Å². The Hall–Kier alpha value is -0.890. The molecule has 0 aromatic heterocycles. The summed E-state index contributed by atoms with van der Waals surface area (Å²) in [5, 5.41) is 0. The van der Waals surface area contributed by atoms with Gasteiger partial charge in [0.05, 0.1) is 0 Å². The van der Waals surface area contributed by atoms with Gasteiger partial charge in [-0.2, -0.15) is 0 Å². The van der Waals surface area contributed by atoms with Crippen molar-refractivity contribution in [1.82, 2.24) is 0 Å². The molecule has 2 rings (SSSR count). The quantitative estimate of drug-likeness (QED) is 0.703. The second-order valence-corrected chi connectivity index (χ2v) is 3.63. The third-order valence-corrected chi connectivity index (χ3v) is 2.83. The van der Waals surface area contributed by atoms with Gasteiger partial charge < -0.3 is 5.73 Å². The Balaban J connectivity index is 2.56. The van der Waals surface area contributed by atoms with E-state index in [0.29, 0.717) is 0 Å². The number of rotatable bonds is 1. The summed E-state index contributed by atoms with van der Waals surface area (Å²) >= 11 is 0. The molecule has 1 aliphatic rings. The second kappa shape index (κ2) is 3.11. The number of nitrogens with two attached hydrogens (primary N) is 1. The fraction of sp³-hybridized carbons (Fsp3) is 0.455. The fourth-order valence-electron chi connectivity index (χ4n) is 2.12. The van der Waals surface area contributed by atoms with Gasteiger partial charge >= 0.3 is 0 Å². The molecular formula is C11H14FN. The average molecular weight is 179 g/mol. The van der Waals surface area contributed by atoms with E-state index in [1.54, 1.807) is 12.1 Å². The zero-order valence-electron chi connectivity index (χ0n) is 7.81. The van der Waals surface area contributed by atoms with Crippen molar-refractivity contribution in [3.8, 4) is 0 Å². The highest BCUT2D eigenvalue weighted by Crippen LogP contribution is 2.32. The van der Waals surface area contributed by atoms with Crippen LogP contribution in [0, 0.1) is 5.82 Å². The van der Waals surface area contributed by atoms with Crippen LogP contribution in [0.15, 0.2) is 12.1 Å². The van der Waals surface area contributed by atoms with E-state index in [1.165, 1.54) is 5.56 Å². The Morgan fingerprint density at radius 1 is 1.54 bits per heavy atom. The fourth-order valence-corrected chi connectivity index (χ4v) is 2.12. The molecule has 1 aliphatic carbocycles. The van der Waals surface area contributed by atoms with Crippen LogP contribution in [-0.4, -0.2) is 0 Å². The van der Waals surface area contributed by atoms with Gasteiger partial charge in [-0.25, -0.2) is 4.39 Å². The zero-order valence-corrected chi connectivity index (χ0v) is 7.81. The second-order valence-electron chi connectivity index (χ2n) is 3.63. The van der Waals surface area contributed by atoms with E-state index in [1.807, 2.05) is 0 Å². The third-order valence-electron chi connectivity index (χ3n) is 2.83. The first-order chi connectivity index (χ1) is 6.22. The molecule has 0 heterocycles. The standard InChI is InChI=1S/C11H14FN/c1-2-7-5-8(12)6-10-9(7)3-4-11(10)13/h5-6,11H,2-4,13H2,1H3/t11-/m0/s1. The lowest BCUT2D eigenvalue weighted by Gasteiger charge is -2.08. The minimum absolute atomic E-state index is 0.0519. The van der Waals surface area contributed by atoms with Gasteiger partial charge in [-0.05, 0) is 48.1 Å². The average Bonchev–Trinajstić information content (AvgIpc) is 2.47. The van der Waals surface area contributed by atoms with Crippen molar-refractivity contribution in [1.29, 1.82) is 0 Å². The first-order valence-corrected chi connectivity index (χ1v) is 4.79. The van der Waals surface area contributed by atoms with Crippen molar-refractivity contribution in [3.05, 3.63) is 34.6 Å². The normalized spacial score (nSPS) is 20.4. The van der Waals surface area contributed by atoms with Crippen LogP contribution in [0.2, 0.25) is 0 Å². The van der Waals surface area contributed by atoms with Crippen LogP contribution >= 0.6 is 0 Å². The Morgan fingerprint density at radius 3 is 3.00 bits per heavy atom. The largest absolute Gasteiger partial charge is 0.324 e. The minimum atomic E-state index is -0.145. The van der Waals surface area contributed by atoms with Crippen molar-refractivity contribution in [2.24, 2.45) is 5.73 Å². The number of benzene rings is 1. The van der Waals surface area contributed by atoms with Gasteiger partial charge in [0, 0.05) is 6.04 Å². The maximum Gasteiger partial charge on any atom is 0.123 e. The molecule has 70 valence electrons. The summed E-state index contributed by atoms with van der Waals surface area (Å²) in [5.41, 5.74) is 9.31. The van der Waals surface area contributed by atoms with Crippen LogP contribution in [0.25, 0.3) is 0 Å². The monoisotopic (exact) mass is 179 g/mol. The lowest BCUT2D eigenvalue weighted by atomic mass is 10.0. The molecule has 2 N–H and O–H groups in total. The minimum Gasteiger partial charge on any atom is -0.324 e. The molecule has 13 heavy (non-hydrogen) atoms. The van der Waals surface area contributed by atoms with E-state index < -0.39 is 0 Å². The molecule has 1 atom stereocenters. The maximum atomic E-state index is 13.1. The van der Waals surface area contributed by atoms with Gasteiger partial charge in [-0.1, -0.05) is 6.92 Å². The van der Waals surface area contributed by atoms with Crippen LogP contribution in [-0.2, 0) is 12.8 Å². The van der Waals surface area contributed by atoms with Gasteiger partial charge in [0.15, 0.2) is 0 Å². The lowest BCUT2D eigenvalue weighted by molar-refractivity contribution is 0.620. The Kier molecular flexibility index (Phi) is 2.08. The van der Waals surface area contributed by atoms with Crippen molar-refractivity contribution in [3.63, 3.8) is 0 Å². The SMILES string of the molecule is CCc1cc(F)cc2c1CC[C@@H]2N. The van der Waals surface area contributed by atoms with E-state index in [4.69, 9.17) is 5.73 Å². The highest BCUT2D eigenvalue weighted by atomic mass is 19.1. The summed E-state index contributed by atoms with van der Waals surface area (Å²) in [6.07, 6.45) is 2.87. The lowest BCUT2D eigenvalue weighted by Crippen LogP contribution is -2.06. The van der Waals surface area contributed by atoms with Crippen LogP contribution in [0.5, 0.6) is 0 Å². The molecule has 0 amide bonds. The summed E-state index contributed by atoms with van der Waals surface area (Å²) in [4.78, 5) is 0. The maximum absolute atomic E-state index is 13.1. The molecule has 0 fully saturated rings. The zero-order chi connectivity index (χ0) is 9.42. The summed E-state index contributed by atoms with van der Waals surface area (Å²) in [6.45, 7) is 2.05. The number of hydrogen-bond acceptors (Lipinski definition) is 1. The molecule has 0 saturated carbocycles. The Morgan fingerprint density at radius 2 is 2.31 bits per heavy atom. The predicted molar refractivity (Wildman–Crippen MR) is 51.0 cm³/mol. The molecule has 1 nitrogen and oxygen atoms in total. The summed E-state index contributed by atoms with van der Waals surface area (Å²) in [7, 11) is 0. The molecular weight excluding hydrogens is 165 g/mol. The number of fused-ring (bicyclic) bond motifs is 1. The van der Waals surface area contributed by atoms with Gasteiger partial charge in [0.2, 0.25) is 0 Å². The first kappa shape index (κ1) is 8.70. The van der Waals surface area contributed by atoms with Crippen molar-refractivity contribution in [2.75, 3.05) is 0 Å². The van der Waals surface area contributed by atoms with E-state index in [2.05, 4.69) is 6.92 Å². The molecule has 0 radical (unpaired) electrons. The molecule has 1 aromatic rings. The molecule has 0 unspecified atom stereocenters. The van der Waals surface area contributed by atoms with E-state index in [9.17, 15) is 4.39 Å². The van der Waals surface area contributed by atoms with Gasteiger partial charge in [-0.15, -0.1) is 0 Å². The number of hydrogen-bond donors (Lipinski definition) is 1. The molecule has 0 bridgehead atoms. The van der Waals surface area contributed by atoms with Crippen molar-refractivity contribution >= 4 is 0 Å². The summed E-state index contributed by atoms with van der Waals surface area (Å²) in [6, 6.07) is 3.28. The summed E-state index contributed by atoms with van der Waals surface area (Å²) < 4.78 is 13.1. The van der Waals surface area contributed by atoms with Crippen LogP contribution in [0.3, 0.4) is 0 Å². The van der Waals surface area contributed by atoms with Gasteiger partial charge in [0.1, 0.15) is 5.82 Å². The number of aryl methyl sites for hydroxylation is 1. The predicted octanol–water partition coefficient (Wildman–Crippen LogP) is 2.33. The topological polar surface area (TPSA) is 26.0 Å². The number of halogens is 1. The van der Waals surface area contributed by atoms with Crippen LogP contribution in [0.4, 0.5) is 4.39 Å². The third kappa shape index (κ3) is 1.35. The van der Waals surface area contributed by atoms with Crippen molar-refractivity contribution < 1.29 is 4.39 Å². The molecule has 1 aromatic carbocycles. The van der Waals surface area contributed by atoms with Crippen LogP contribution in [0.1, 0.15) is 36.1 Å². The smallest absolute Gasteiger partial charge is 0.123 e. The molecule has 0 saturated heterocycles. The molecule has 2 heteroatoms. The molecule has 0 spiro atoms. The van der Waals surface area contributed by atoms with Crippen LogP contribution < -0.4 is 5.73 Å². The Labute approximate surface area is 77.8 Å². The van der Waals surface area contributed by atoms with Gasteiger partial charge in [-0.3, -0.25) is 0 Å². The highest BCUT2D eigenvalue weighted by Gasteiger charge is 2.21. The van der Waals surface area contributed by atoms with Crippen molar-refractivity contribution in [2.45, 2.75) is 32.2 Å². The highest BCUT2D eigenvalue weighted by molar-refractivity contribution is 5.41. The van der Waals surface area contributed by atoms with E-state index >= 15 is 0 Å². The van der Waals surface area contributed by atoms with E-state index in [0.717, 1.165) is 30.4 Å². The first-order valence-electron chi connectivity index (χ1n) is 4.79.